The first-order valence-corrected chi connectivity index (χ1v) is 6.85. The highest BCUT2D eigenvalue weighted by Crippen LogP contribution is 2.09. The van der Waals surface area contributed by atoms with Crippen LogP contribution >= 0.6 is 0 Å². The first-order valence-electron chi connectivity index (χ1n) is 3.93. The fourth-order valence-electron chi connectivity index (χ4n) is 0.927. The van der Waals surface area contributed by atoms with Gasteiger partial charge >= 0.3 is 0 Å². The van der Waals surface area contributed by atoms with Crippen molar-refractivity contribution in [1.29, 1.82) is 0 Å². The molecule has 0 aromatic rings. The minimum absolute atomic E-state index is 0.947. The van der Waals surface area contributed by atoms with Crippen molar-refractivity contribution in [3.05, 3.63) is 0 Å². The lowest BCUT2D eigenvalue weighted by Crippen LogP contribution is -2.45. The van der Waals surface area contributed by atoms with Crippen LogP contribution in [0.1, 0.15) is 20.8 Å². The number of hydrogen-bond acceptors (Lipinski definition) is 1. The van der Waals surface area contributed by atoms with E-state index in [1.54, 1.807) is 0 Å². The average Bonchev–Trinajstić information content (AvgIpc) is 1.89. The molecule has 0 spiro atoms. The summed E-state index contributed by atoms with van der Waals surface area (Å²) in [5, 5.41) is 0. The van der Waals surface area contributed by atoms with Crippen LogP contribution in [0, 0.1) is 0 Å². The van der Waals surface area contributed by atoms with Gasteiger partial charge in [-0.1, -0.05) is 27.3 Å². The maximum Gasteiger partial charge on any atom is 0.121 e. The molecule has 1 N–H and O–H groups in total. The zero-order valence-corrected chi connectivity index (χ0v) is 8.12. The predicted molar refractivity (Wildman–Crippen MR) is 46.3 cm³/mol. The minimum Gasteiger partial charge on any atom is -0.337 e. The zero-order valence-electron chi connectivity index (χ0n) is 7.12. The second-order valence-corrected chi connectivity index (χ2v) is 7.69. The number of rotatable bonds is 4. The maximum atomic E-state index is 3.60. The van der Waals surface area contributed by atoms with Gasteiger partial charge in [0.2, 0.25) is 0 Å². The molecule has 0 atom stereocenters. The largest absolute Gasteiger partial charge is 0.337 e. The highest BCUT2D eigenvalue weighted by atomic mass is 28.3. The number of hydrogen-bond donors (Lipinski definition) is 1. The van der Waals surface area contributed by atoms with Crippen molar-refractivity contribution in [2.75, 3.05) is 6.54 Å². The summed E-state index contributed by atoms with van der Waals surface area (Å²) in [6.07, 6.45) is 0. The fraction of sp³-hybridized carbons (Fsp3) is 1.00. The van der Waals surface area contributed by atoms with Crippen LogP contribution in [0.3, 0.4) is 0 Å². The summed E-state index contributed by atoms with van der Waals surface area (Å²) in [6.45, 7) is 10.3. The zero-order chi connectivity index (χ0) is 7.33. The first-order chi connectivity index (χ1) is 4.18. The quantitative estimate of drug-likeness (QED) is 0.598. The molecule has 0 saturated carbocycles. The molecule has 0 unspecified atom stereocenters. The molecule has 0 radical (unpaired) electrons. The monoisotopic (exact) mass is 145 g/mol. The van der Waals surface area contributed by atoms with Crippen molar-refractivity contribution in [3.8, 4) is 0 Å². The van der Waals surface area contributed by atoms with Crippen molar-refractivity contribution < 1.29 is 0 Å². The van der Waals surface area contributed by atoms with Crippen LogP contribution in [0.5, 0.6) is 0 Å². The van der Waals surface area contributed by atoms with E-state index in [4.69, 9.17) is 0 Å². The lowest BCUT2D eigenvalue weighted by atomic mass is 10.8. The third-order valence-electron chi connectivity index (χ3n) is 2.16. The standard InChI is InChI=1S/C7H19NSi/c1-5-8-9(4,6-2)7-3/h8H,5-7H2,1-4H3. The van der Waals surface area contributed by atoms with Gasteiger partial charge in [-0.05, 0) is 18.6 Å². The van der Waals surface area contributed by atoms with Gasteiger partial charge in [-0.2, -0.15) is 0 Å². The molecule has 1 nitrogen and oxygen atoms in total. The maximum absolute atomic E-state index is 3.60. The molecule has 56 valence electrons. The van der Waals surface area contributed by atoms with Crippen LogP contribution in [-0.2, 0) is 0 Å². The Balaban J connectivity index is 3.62. The summed E-state index contributed by atoms with van der Waals surface area (Å²) >= 11 is 0. The van der Waals surface area contributed by atoms with Gasteiger partial charge < -0.3 is 4.98 Å². The lowest BCUT2D eigenvalue weighted by Gasteiger charge is -2.24. The number of nitrogens with one attached hydrogen (secondary N) is 1. The Morgan fingerprint density at radius 3 is 1.67 bits per heavy atom. The third-order valence-corrected chi connectivity index (χ3v) is 6.49. The van der Waals surface area contributed by atoms with Crippen molar-refractivity contribution in [3.63, 3.8) is 0 Å². The van der Waals surface area contributed by atoms with E-state index in [2.05, 4.69) is 32.3 Å². The van der Waals surface area contributed by atoms with E-state index >= 15 is 0 Å². The fourth-order valence-corrected chi connectivity index (χ4v) is 2.78. The Hall–Kier alpha value is 0.177. The minimum atomic E-state index is -0.947. The average molecular weight is 145 g/mol. The summed E-state index contributed by atoms with van der Waals surface area (Å²) in [5.41, 5.74) is 0. The van der Waals surface area contributed by atoms with E-state index in [-0.39, 0.29) is 0 Å². The van der Waals surface area contributed by atoms with Crippen molar-refractivity contribution in [1.82, 2.24) is 4.98 Å². The van der Waals surface area contributed by atoms with Gasteiger partial charge in [-0.3, -0.25) is 0 Å². The summed E-state index contributed by atoms with van der Waals surface area (Å²) < 4.78 is 0. The molecule has 0 aliphatic heterocycles. The highest BCUT2D eigenvalue weighted by Gasteiger charge is 2.19. The molecular weight excluding hydrogens is 126 g/mol. The van der Waals surface area contributed by atoms with Crippen molar-refractivity contribution >= 4 is 8.24 Å². The highest BCUT2D eigenvalue weighted by molar-refractivity contribution is 6.76. The molecule has 0 heterocycles. The molecule has 0 bridgehead atoms. The van der Waals surface area contributed by atoms with E-state index in [1.807, 2.05) is 0 Å². The van der Waals surface area contributed by atoms with Gasteiger partial charge in [0.25, 0.3) is 0 Å². The van der Waals surface area contributed by atoms with Gasteiger partial charge in [-0.15, -0.1) is 0 Å². The normalized spacial score (nSPS) is 12.0. The molecule has 0 amide bonds. The van der Waals surface area contributed by atoms with E-state index in [1.165, 1.54) is 12.1 Å². The molecule has 9 heavy (non-hydrogen) atoms. The van der Waals surface area contributed by atoms with E-state index < -0.39 is 8.24 Å². The van der Waals surface area contributed by atoms with Crippen LogP contribution < -0.4 is 4.98 Å². The summed E-state index contributed by atoms with van der Waals surface area (Å²) in [5.74, 6) is 0. The van der Waals surface area contributed by atoms with Crippen molar-refractivity contribution in [2.45, 2.75) is 39.4 Å². The van der Waals surface area contributed by atoms with Gasteiger partial charge in [0, 0.05) is 0 Å². The van der Waals surface area contributed by atoms with Crippen LogP contribution in [-0.4, -0.2) is 14.8 Å². The molecule has 2 heteroatoms. The van der Waals surface area contributed by atoms with Gasteiger partial charge in [-0.25, -0.2) is 0 Å². The molecule has 0 saturated heterocycles. The smallest absolute Gasteiger partial charge is 0.121 e. The molecule has 0 aromatic heterocycles. The Labute approximate surface area is 59.9 Å². The molecule has 0 fully saturated rings. The van der Waals surface area contributed by atoms with Crippen molar-refractivity contribution in [2.24, 2.45) is 0 Å². The summed E-state index contributed by atoms with van der Waals surface area (Å²) in [6, 6.07) is 2.72. The topological polar surface area (TPSA) is 12.0 Å². The van der Waals surface area contributed by atoms with Crippen LogP contribution in [0.2, 0.25) is 18.6 Å². The molecule has 0 aliphatic rings. The SMILES string of the molecule is CCN[Si](C)(CC)CC. The van der Waals surface area contributed by atoms with E-state index in [0.29, 0.717) is 0 Å². The van der Waals surface area contributed by atoms with Gasteiger partial charge in [0.05, 0.1) is 0 Å². The van der Waals surface area contributed by atoms with E-state index in [9.17, 15) is 0 Å². The Morgan fingerprint density at radius 1 is 1.11 bits per heavy atom. The van der Waals surface area contributed by atoms with Crippen LogP contribution in [0.25, 0.3) is 0 Å². The van der Waals surface area contributed by atoms with Gasteiger partial charge in [0.1, 0.15) is 8.24 Å². The Kier molecular flexibility index (Phi) is 4.15. The molecular formula is C7H19NSi. The second kappa shape index (κ2) is 4.07. The molecule has 0 rings (SSSR count). The summed E-state index contributed by atoms with van der Waals surface area (Å²) in [4.78, 5) is 3.60. The summed E-state index contributed by atoms with van der Waals surface area (Å²) in [7, 11) is -0.947. The first kappa shape index (κ1) is 9.18. The molecule has 0 aromatic carbocycles. The van der Waals surface area contributed by atoms with Crippen LogP contribution in [0.15, 0.2) is 0 Å². The van der Waals surface area contributed by atoms with Crippen LogP contribution in [0.4, 0.5) is 0 Å². The molecule has 0 aliphatic carbocycles. The third kappa shape index (κ3) is 3.01. The Bertz CT molecular complexity index is 69.3. The predicted octanol–water partition coefficient (Wildman–Crippen LogP) is 2.21. The Morgan fingerprint density at radius 2 is 1.56 bits per heavy atom. The van der Waals surface area contributed by atoms with Gasteiger partial charge in [0.15, 0.2) is 0 Å². The second-order valence-electron chi connectivity index (χ2n) is 2.80. The van der Waals surface area contributed by atoms with E-state index in [0.717, 1.165) is 6.54 Å². The lowest BCUT2D eigenvalue weighted by molar-refractivity contribution is 0.930.